The van der Waals surface area contributed by atoms with Gasteiger partial charge in [0.2, 0.25) is 0 Å². The number of carbonyl (C=O) groups excluding carboxylic acids is 3. The Morgan fingerprint density at radius 2 is 0.535 bits per heavy atom. The Balaban J connectivity index is 4.47. The van der Waals surface area contributed by atoms with Gasteiger partial charge in [0, 0.05) is 19.3 Å². The van der Waals surface area contributed by atoms with E-state index in [0.29, 0.717) is 19.3 Å². The van der Waals surface area contributed by atoms with E-state index in [2.05, 4.69) is 167 Å². The summed E-state index contributed by atoms with van der Waals surface area (Å²) in [5.74, 6) is -1.63. The van der Waals surface area contributed by atoms with E-state index in [4.69, 9.17) is 32.3 Å². The zero-order chi connectivity index (χ0) is 72.3. The molecule has 0 fully saturated rings. The maximum absolute atomic E-state index is 12.9. The summed E-state index contributed by atoms with van der Waals surface area (Å²) in [6.07, 6.45) is 89.2. The minimum Gasteiger partial charge on any atom is -0.463 e. The third kappa shape index (κ3) is 74.4. The molecule has 99 heavy (non-hydrogen) atoms. The van der Waals surface area contributed by atoms with E-state index in [1.165, 1.54) is 89.9 Å². The van der Waals surface area contributed by atoms with Gasteiger partial charge in [-0.25, -0.2) is 9.13 Å². The molecule has 5 unspecified atom stereocenters. The Kier molecular flexibility index (Phi) is 69.8. The Labute approximate surface area is 600 Å². The largest absolute Gasteiger partial charge is 0.472 e. The Morgan fingerprint density at radius 3 is 0.869 bits per heavy atom. The number of rotatable bonds is 71. The number of hydrogen-bond acceptors (Lipinski definition) is 14. The number of hydrogen-bond donors (Lipinski definition) is 4. The fourth-order valence-corrected chi connectivity index (χ4v) is 11.4. The first kappa shape index (κ1) is 94.4. The van der Waals surface area contributed by atoms with Crippen LogP contribution in [0.4, 0.5) is 0 Å². The summed E-state index contributed by atoms with van der Waals surface area (Å²) >= 11 is 0. The summed E-state index contributed by atoms with van der Waals surface area (Å²) in [4.78, 5) is 58.5. The molecule has 4 N–H and O–H groups in total. The number of phosphoric acid groups is 2. The van der Waals surface area contributed by atoms with Crippen LogP contribution in [0, 0.1) is 0 Å². The molecule has 0 bridgehead atoms. The maximum Gasteiger partial charge on any atom is 0.472 e. The summed E-state index contributed by atoms with van der Waals surface area (Å²) in [5, 5.41) is 20.6. The minimum atomic E-state index is -4.94. The standard InChI is InChI=1S/C81H136O16P2/c1-4-7-10-13-16-19-22-24-26-28-30-32-33-34-35-36-37-38-39-40-41-43-45-46-48-50-53-55-58-61-64-67-79(84)91-70-76(82)71-93-98(87,88)94-72-77(83)73-95-99(89,90)96-75-78(97-81(86)69-66-63-60-57-52-21-18-15-12-9-6-3)74-92-80(85)68-65-62-59-56-54-51-49-47-44-42-31-29-27-25-23-20-17-14-11-8-5-2/h7-8,10-11,16-17,19-20,24-27,30-32,34-35,37-38,42,47,49,54,56,76-78,82-83H,4-6,9,12-15,18,21-23,28-29,33,36,39-41,43-46,48,50-53,55,57-75H2,1-3H3,(H,87,88)(H,89,90)/b10-7-,11-8-,19-16-,20-17-,26-24-,27-25-,32-30-,35-34-,38-37-,42-31-,49-47-,56-54-. The highest BCUT2D eigenvalue weighted by Gasteiger charge is 2.29. The number of ether oxygens (including phenoxy) is 3. The second-order valence-corrected chi connectivity index (χ2v) is 28.0. The van der Waals surface area contributed by atoms with Crippen LogP contribution in [0.25, 0.3) is 0 Å². The van der Waals surface area contributed by atoms with Crippen LogP contribution in [-0.2, 0) is 55.8 Å². The molecule has 18 heteroatoms. The Hall–Kier alpha value is -4.57. The number of unbranched alkanes of at least 4 members (excludes halogenated alkanes) is 24. The Bertz CT molecular complexity index is 2380. The van der Waals surface area contributed by atoms with Crippen LogP contribution in [0.15, 0.2) is 146 Å². The Morgan fingerprint density at radius 1 is 0.293 bits per heavy atom. The number of allylic oxidation sites excluding steroid dienone is 24. The van der Waals surface area contributed by atoms with Crippen molar-refractivity contribution >= 4 is 33.6 Å². The molecule has 0 saturated carbocycles. The van der Waals surface area contributed by atoms with Crippen LogP contribution in [0.2, 0.25) is 0 Å². The van der Waals surface area contributed by atoms with Gasteiger partial charge >= 0.3 is 33.6 Å². The second kappa shape index (κ2) is 73.2. The first-order valence-electron chi connectivity index (χ1n) is 38.1. The zero-order valence-electron chi connectivity index (χ0n) is 61.6. The number of phosphoric ester groups is 2. The van der Waals surface area contributed by atoms with Crippen molar-refractivity contribution in [3.05, 3.63) is 146 Å². The van der Waals surface area contributed by atoms with Crippen molar-refractivity contribution in [1.29, 1.82) is 0 Å². The van der Waals surface area contributed by atoms with E-state index in [1.54, 1.807) is 0 Å². The lowest BCUT2D eigenvalue weighted by molar-refractivity contribution is -0.161. The lowest BCUT2D eigenvalue weighted by atomic mass is 10.0. The van der Waals surface area contributed by atoms with Gasteiger partial charge in [-0.1, -0.05) is 295 Å². The highest BCUT2D eigenvalue weighted by molar-refractivity contribution is 7.47. The zero-order valence-corrected chi connectivity index (χ0v) is 63.4. The van der Waals surface area contributed by atoms with E-state index in [9.17, 15) is 43.5 Å². The van der Waals surface area contributed by atoms with Gasteiger partial charge in [0.05, 0.1) is 26.4 Å². The highest BCUT2D eigenvalue weighted by atomic mass is 31.2. The van der Waals surface area contributed by atoms with Crippen molar-refractivity contribution < 1.29 is 75.8 Å². The summed E-state index contributed by atoms with van der Waals surface area (Å²) in [7, 11) is -9.79. The molecule has 0 amide bonds. The van der Waals surface area contributed by atoms with Crippen molar-refractivity contribution in [3.63, 3.8) is 0 Å². The molecule has 566 valence electrons. The van der Waals surface area contributed by atoms with Crippen LogP contribution in [-0.4, -0.2) is 95.9 Å². The van der Waals surface area contributed by atoms with Crippen LogP contribution < -0.4 is 0 Å². The molecule has 0 aliphatic carbocycles. The van der Waals surface area contributed by atoms with Gasteiger partial charge in [0.1, 0.15) is 25.4 Å². The molecule has 0 aliphatic heterocycles. The van der Waals surface area contributed by atoms with E-state index in [0.717, 1.165) is 141 Å². The molecule has 0 saturated heterocycles. The van der Waals surface area contributed by atoms with Crippen molar-refractivity contribution in [2.24, 2.45) is 0 Å². The quantitative estimate of drug-likeness (QED) is 0.0146. The van der Waals surface area contributed by atoms with Crippen LogP contribution >= 0.6 is 15.6 Å². The van der Waals surface area contributed by atoms with Gasteiger partial charge in [-0.15, -0.1) is 0 Å². The van der Waals surface area contributed by atoms with Crippen molar-refractivity contribution in [1.82, 2.24) is 0 Å². The van der Waals surface area contributed by atoms with E-state index < -0.39 is 91.5 Å². The molecule has 0 heterocycles. The first-order chi connectivity index (χ1) is 48.2. The summed E-state index contributed by atoms with van der Waals surface area (Å²) in [5.41, 5.74) is 0. The van der Waals surface area contributed by atoms with Gasteiger partial charge in [-0.3, -0.25) is 32.5 Å². The first-order valence-corrected chi connectivity index (χ1v) is 41.1. The summed E-state index contributed by atoms with van der Waals surface area (Å²) in [6.45, 7) is 2.38. The van der Waals surface area contributed by atoms with Gasteiger partial charge < -0.3 is 34.2 Å². The molecular formula is C81H136O16P2. The fraction of sp³-hybridized carbons (Fsp3) is 0.667. The van der Waals surface area contributed by atoms with Gasteiger partial charge in [0.25, 0.3) is 0 Å². The summed E-state index contributed by atoms with van der Waals surface area (Å²) in [6, 6.07) is 0. The van der Waals surface area contributed by atoms with Gasteiger partial charge in [0.15, 0.2) is 6.10 Å². The third-order valence-corrected chi connectivity index (χ3v) is 17.5. The number of carbonyl (C=O) groups is 3. The lowest BCUT2D eigenvalue weighted by Crippen LogP contribution is -2.30. The van der Waals surface area contributed by atoms with Gasteiger partial charge in [-0.2, -0.15) is 0 Å². The van der Waals surface area contributed by atoms with Crippen LogP contribution in [0.1, 0.15) is 290 Å². The van der Waals surface area contributed by atoms with E-state index in [1.807, 2.05) is 0 Å². The highest BCUT2D eigenvalue weighted by Crippen LogP contribution is 2.45. The SMILES string of the molecule is CC/C=C\C/C=C\C/C=C\C/C=C\C/C=C\C/C=C\CCCCCCCCCCCCCCC(=O)OCC(O)COP(=O)(O)OCC(O)COP(=O)(O)OCC(COC(=O)CCCC/C=C\C/C=C\C/C=C\C/C=C\C/C=C\C/C=C\CC)OC(=O)CCCCCCCCCCCCC. The van der Waals surface area contributed by atoms with Crippen molar-refractivity contribution in [3.8, 4) is 0 Å². The topological polar surface area (TPSA) is 231 Å². The molecule has 16 nitrogen and oxygen atoms in total. The van der Waals surface area contributed by atoms with Gasteiger partial charge in [-0.05, 0) is 122 Å². The molecule has 0 spiro atoms. The normalized spacial score (nSPS) is 14.9. The average molecular weight is 1430 g/mol. The number of esters is 3. The molecule has 0 aromatic rings. The van der Waals surface area contributed by atoms with Crippen molar-refractivity contribution in [2.45, 2.75) is 309 Å². The van der Waals surface area contributed by atoms with E-state index >= 15 is 0 Å². The monoisotopic (exact) mass is 1430 g/mol. The predicted octanol–water partition coefficient (Wildman–Crippen LogP) is 22.1. The fourth-order valence-electron chi connectivity index (χ4n) is 9.81. The molecule has 0 aromatic heterocycles. The van der Waals surface area contributed by atoms with Crippen LogP contribution in [0.3, 0.4) is 0 Å². The molecule has 0 rings (SSSR count). The summed E-state index contributed by atoms with van der Waals surface area (Å²) < 4.78 is 60.9. The average Bonchev–Trinajstić information content (AvgIpc) is 1.22. The third-order valence-electron chi connectivity index (χ3n) is 15.6. The number of aliphatic hydroxyl groups excluding tert-OH is 2. The minimum absolute atomic E-state index is 0.0939. The van der Waals surface area contributed by atoms with Crippen molar-refractivity contribution in [2.75, 3.05) is 39.6 Å². The lowest BCUT2D eigenvalue weighted by Gasteiger charge is -2.21. The van der Waals surface area contributed by atoms with Crippen LogP contribution in [0.5, 0.6) is 0 Å². The number of aliphatic hydroxyl groups is 2. The molecule has 0 aromatic carbocycles. The molecule has 0 radical (unpaired) electrons. The van der Waals surface area contributed by atoms with E-state index in [-0.39, 0.29) is 19.3 Å². The molecular weight excluding hydrogens is 1290 g/mol. The predicted molar refractivity (Wildman–Crippen MR) is 408 cm³/mol. The smallest absolute Gasteiger partial charge is 0.463 e. The molecule has 5 atom stereocenters. The maximum atomic E-state index is 12.9. The second-order valence-electron chi connectivity index (χ2n) is 25.0. The molecule has 0 aliphatic rings.